The summed E-state index contributed by atoms with van der Waals surface area (Å²) in [5.41, 5.74) is 0. The zero-order valence-electron chi connectivity index (χ0n) is 25.5. The van der Waals surface area contributed by atoms with E-state index in [4.69, 9.17) is 23.7 Å². The van der Waals surface area contributed by atoms with Gasteiger partial charge in [-0.3, -0.25) is 19.2 Å². The van der Waals surface area contributed by atoms with E-state index in [0.717, 1.165) is 15.5 Å². The van der Waals surface area contributed by atoms with Crippen LogP contribution in [0.15, 0.2) is 36.4 Å². The van der Waals surface area contributed by atoms with E-state index in [2.05, 4.69) is 0 Å². The fraction of sp³-hybridized carbons (Fsp3) is 0.375. The summed E-state index contributed by atoms with van der Waals surface area (Å²) in [7, 11) is 3.17. The Hall–Kier alpha value is -4.36. The molecule has 0 aliphatic rings. The molecule has 2 heterocycles. The first-order valence-corrected chi connectivity index (χ1v) is 16.0. The summed E-state index contributed by atoms with van der Waals surface area (Å²) < 4.78 is 28.6. The standard InChI is InChI=1S/C32H35NO10S2/c1-5-40-30(36)8-7-21(34)28-15-19-13-23(22(35)17-26(19)44-28)42-11-12-43-25-14-20-16-29(45-27(20)18-24(25)39-4)32(38)33(3)10-9-31(37)41-6-2/h13-18,35H,5-12H2,1-4H3. The molecule has 0 aliphatic heterocycles. The average Bonchev–Trinajstić information content (AvgIpc) is 3.63. The number of carbonyl (C=O) groups excluding carboxylic acids is 4. The van der Waals surface area contributed by atoms with Crippen molar-refractivity contribution in [3.8, 4) is 23.0 Å². The summed E-state index contributed by atoms with van der Waals surface area (Å²) in [5, 5.41) is 12.0. The number of rotatable bonds is 16. The van der Waals surface area contributed by atoms with Crippen molar-refractivity contribution in [3.05, 3.63) is 46.2 Å². The second-order valence-corrected chi connectivity index (χ2v) is 12.0. The highest BCUT2D eigenvalue weighted by Gasteiger charge is 2.19. The Kier molecular flexibility index (Phi) is 11.6. The van der Waals surface area contributed by atoms with Gasteiger partial charge in [0.2, 0.25) is 0 Å². The van der Waals surface area contributed by atoms with Crippen LogP contribution >= 0.6 is 22.7 Å². The molecule has 2 aromatic heterocycles. The smallest absolute Gasteiger partial charge is 0.307 e. The fourth-order valence-electron chi connectivity index (χ4n) is 4.39. The number of thiophene rings is 2. The normalized spacial score (nSPS) is 10.9. The van der Waals surface area contributed by atoms with Crippen molar-refractivity contribution in [2.45, 2.75) is 33.1 Å². The van der Waals surface area contributed by atoms with Crippen LogP contribution in [-0.2, 0) is 19.1 Å². The molecule has 240 valence electrons. The maximum Gasteiger partial charge on any atom is 0.307 e. The minimum Gasteiger partial charge on any atom is -0.504 e. The molecule has 1 amide bonds. The maximum atomic E-state index is 12.9. The quantitative estimate of drug-likeness (QED) is 0.0889. The van der Waals surface area contributed by atoms with Crippen LogP contribution in [0.3, 0.4) is 0 Å². The summed E-state index contributed by atoms with van der Waals surface area (Å²) in [5.74, 6) is -0.0222. The lowest BCUT2D eigenvalue weighted by Gasteiger charge is -2.15. The highest BCUT2D eigenvalue weighted by Crippen LogP contribution is 2.38. The Morgan fingerprint density at radius 1 is 0.733 bits per heavy atom. The lowest BCUT2D eigenvalue weighted by molar-refractivity contribution is -0.144. The SMILES string of the molecule is CCOC(=O)CCC(=O)c1cc2cc(OCCOc3cc4cc(C(=O)N(C)CCC(=O)OCC)sc4cc3OC)c(O)cc2s1. The van der Waals surface area contributed by atoms with Crippen molar-refractivity contribution in [1.82, 2.24) is 4.90 Å². The van der Waals surface area contributed by atoms with E-state index in [-0.39, 0.29) is 74.8 Å². The number of fused-ring (bicyclic) bond motifs is 2. The number of Topliss-reactive ketones (excluding diaryl/α,β-unsaturated/α-hetero) is 1. The molecular weight excluding hydrogens is 622 g/mol. The number of amides is 1. The Balaban J connectivity index is 1.36. The van der Waals surface area contributed by atoms with Crippen LogP contribution < -0.4 is 14.2 Å². The molecule has 0 radical (unpaired) electrons. The second-order valence-electron chi connectivity index (χ2n) is 9.83. The van der Waals surface area contributed by atoms with Crippen molar-refractivity contribution in [2.24, 2.45) is 0 Å². The van der Waals surface area contributed by atoms with Gasteiger partial charge in [0.05, 0.1) is 42.9 Å². The molecule has 4 aromatic rings. The largest absolute Gasteiger partial charge is 0.504 e. The zero-order chi connectivity index (χ0) is 32.5. The van der Waals surface area contributed by atoms with Gasteiger partial charge in [0, 0.05) is 41.5 Å². The summed E-state index contributed by atoms with van der Waals surface area (Å²) in [6, 6.07) is 10.3. The maximum absolute atomic E-state index is 12.9. The number of phenolic OH excluding ortho intramolecular Hbond substituents is 1. The van der Waals surface area contributed by atoms with Gasteiger partial charge in [0.15, 0.2) is 28.8 Å². The molecule has 1 N–H and O–H groups in total. The molecule has 0 saturated heterocycles. The van der Waals surface area contributed by atoms with Crippen LogP contribution in [0, 0.1) is 0 Å². The van der Waals surface area contributed by atoms with E-state index in [1.165, 1.54) is 34.7 Å². The van der Waals surface area contributed by atoms with Crippen LogP contribution in [0.5, 0.6) is 23.0 Å². The molecule has 0 saturated carbocycles. The molecule has 4 rings (SSSR count). The van der Waals surface area contributed by atoms with E-state index in [0.29, 0.717) is 32.6 Å². The van der Waals surface area contributed by atoms with Gasteiger partial charge < -0.3 is 33.7 Å². The fourth-order valence-corrected chi connectivity index (χ4v) is 6.50. The molecule has 0 fully saturated rings. The minimum absolute atomic E-state index is 0.0137. The van der Waals surface area contributed by atoms with E-state index in [1.807, 2.05) is 0 Å². The second kappa shape index (κ2) is 15.6. The molecule has 0 aliphatic carbocycles. The van der Waals surface area contributed by atoms with Crippen molar-refractivity contribution in [1.29, 1.82) is 0 Å². The minimum atomic E-state index is -0.414. The van der Waals surface area contributed by atoms with Gasteiger partial charge in [-0.15, -0.1) is 22.7 Å². The van der Waals surface area contributed by atoms with Crippen LogP contribution in [0.4, 0.5) is 0 Å². The number of methoxy groups -OCH3 is 1. The summed E-state index contributed by atoms with van der Waals surface area (Å²) in [4.78, 5) is 51.2. The van der Waals surface area contributed by atoms with Crippen molar-refractivity contribution in [2.75, 3.05) is 47.1 Å². The summed E-state index contributed by atoms with van der Waals surface area (Å²) >= 11 is 2.55. The first-order chi connectivity index (χ1) is 21.6. The number of carbonyl (C=O) groups is 4. The van der Waals surface area contributed by atoms with Crippen LogP contribution in [0.1, 0.15) is 52.5 Å². The molecule has 13 heteroatoms. The van der Waals surface area contributed by atoms with Gasteiger partial charge in [-0.05, 0) is 48.9 Å². The summed E-state index contributed by atoms with van der Waals surface area (Å²) in [6.45, 7) is 4.49. The van der Waals surface area contributed by atoms with E-state index < -0.39 is 5.97 Å². The number of hydrogen-bond acceptors (Lipinski definition) is 12. The Labute approximate surface area is 268 Å². The van der Waals surface area contributed by atoms with Gasteiger partial charge in [-0.2, -0.15) is 0 Å². The van der Waals surface area contributed by atoms with E-state index in [1.54, 1.807) is 57.3 Å². The van der Waals surface area contributed by atoms with Gasteiger partial charge in [-0.1, -0.05) is 0 Å². The molecule has 2 aromatic carbocycles. The first kappa shape index (κ1) is 33.5. The lowest BCUT2D eigenvalue weighted by atomic mass is 10.1. The number of benzene rings is 2. The summed E-state index contributed by atoms with van der Waals surface area (Å²) in [6.07, 6.45) is 0.178. The van der Waals surface area contributed by atoms with E-state index in [9.17, 15) is 24.3 Å². The highest BCUT2D eigenvalue weighted by atomic mass is 32.1. The first-order valence-electron chi connectivity index (χ1n) is 14.4. The Morgan fingerprint density at radius 3 is 1.98 bits per heavy atom. The number of nitrogens with zero attached hydrogens (tertiary/aromatic N) is 1. The van der Waals surface area contributed by atoms with Crippen molar-refractivity contribution < 1.29 is 48.0 Å². The molecule has 45 heavy (non-hydrogen) atoms. The van der Waals surface area contributed by atoms with Crippen LogP contribution in [0.2, 0.25) is 0 Å². The number of ketones is 1. The van der Waals surface area contributed by atoms with Gasteiger partial charge in [0.25, 0.3) is 5.91 Å². The molecular formula is C32H35NO10S2. The molecule has 0 bridgehead atoms. The monoisotopic (exact) mass is 657 g/mol. The number of phenols is 1. The average molecular weight is 658 g/mol. The Morgan fingerprint density at radius 2 is 1.31 bits per heavy atom. The predicted molar refractivity (Wildman–Crippen MR) is 171 cm³/mol. The van der Waals surface area contributed by atoms with Gasteiger partial charge >= 0.3 is 11.9 Å². The highest BCUT2D eigenvalue weighted by molar-refractivity contribution is 7.21. The number of esters is 2. The third kappa shape index (κ3) is 8.64. The molecule has 0 unspecified atom stereocenters. The number of aromatic hydroxyl groups is 1. The molecule has 0 spiro atoms. The molecule has 0 atom stereocenters. The van der Waals surface area contributed by atoms with Gasteiger partial charge in [-0.25, -0.2) is 0 Å². The predicted octanol–water partition coefficient (Wildman–Crippen LogP) is 5.84. The van der Waals surface area contributed by atoms with Crippen LogP contribution in [-0.4, -0.2) is 80.8 Å². The van der Waals surface area contributed by atoms with Crippen molar-refractivity contribution in [3.63, 3.8) is 0 Å². The topological polar surface area (TPSA) is 138 Å². The zero-order valence-corrected chi connectivity index (χ0v) is 27.1. The molecule has 11 nitrogen and oxygen atoms in total. The number of ether oxygens (including phenoxy) is 5. The number of hydrogen-bond donors (Lipinski definition) is 1. The van der Waals surface area contributed by atoms with Crippen LogP contribution in [0.25, 0.3) is 20.2 Å². The third-order valence-corrected chi connectivity index (χ3v) is 8.87. The Bertz CT molecular complexity index is 1690. The van der Waals surface area contributed by atoms with Gasteiger partial charge in [0.1, 0.15) is 13.2 Å². The van der Waals surface area contributed by atoms with E-state index >= 15 is 0 Å². The van der Waals surface area contributed by atoms with Crippen molar-refractivity contribution >= 4 is 66.5 Å². The lowest BCUT2D eigenvalue weighted by Crippen LogP contribution is -2.28. The third-order valence-electron chi connectivity index (χ3n) is 6.65.